The Morgan fingerprint density at radius 2 is 0.857 bits per heavy atom. The number of allylic oxidation sites excluding steroid dienone is 21. The van der Waals surface area contributed by atoms with Crippen molar-refractivity contribution in [2.75, 3.05) is 6.61 Å². The molecule has 0 aromatic rings. The molecule has 6 heteroatoms. The average molecular weight is 870 g/mol. The maximum atomic E-state index is 13.2. The molecule has 0 aliphatic rings. The first-order valence-electron chi connectivity index (χ1n) is 24.9. The summed E-state index contributed by atoms with van der Waals surface area (Å²) in [5, 5.41) is 23.6. The Hall–Kier alpha value is -4.00. The SMILES string of the molecule is CC/C=C\C/C=C\C/C=C\C/C=C\C/C=C\C/C=C\CCC(=O)OC(C/C=C\C/C=C\C/C=C\C/C=C\C/C=C\CC)CC(=O)NC(CO)C(O)CCCCCCCCCCCC. The number of esters is 1. The molecular weight excluding hydrogens is 779 g/mol. The van der Waals surface area contributed by atoms with Crippen LogP contribution in [0.4, 0.5) is 0 Å². The van der Waals surface area contributed by atoms with E-state index in [1.807, 2.05) is 18.2 Å². The Morgan fingerprint density at radius 3 is 1.25 bits per heavy atom. The number of amides is 1. The lowest BCUT2D eigenvalue weighted by atomic mass is 10.0. The Kier molecular flexibility index (Phi) is 45.9. The molecule has 0 aromatic carbocycles. The van der Waals surface area contributed by atoms with Crippen LogP contribution in [0.3, 0.4) is 0 Å². The van der Waals surface area contributed by atoms with Crippen LogP contribution in [0.5, 0.6) is 0 Å². The topological polar surface area (TPSA) is 95.9 Å². The number of aliphatic hydroxyl groups is 2. The lowest BCUT2D eigenvalue weighted by Crippen LogP contribution is -2.46. The lowest BCUT2D eigenvalue weighted by molar-refractivity contribution is -0.150. The standard InChI is InChI=1S/C57H91NO5/c1-4-7-10-13-16-19-22-24-26-27-28-29-31-33-35-38-41-44-47-50-57(62)63-53(48-45-42-39-36-34-32-30-25-23-20-17-14-11-8-5-2)51-56(61)58-54(52-59)55(60)49-46-43-40-37-21-18-15-12-9-6-3/h7-8,10-11,16-17,19-20,24-26,28-30,33-36,41-42,44-45,53-55,59-60H,4-6,9,12-15,18,21-23,27,31-32,37-40,43,46-52H2,1-3H3,(H,58,61)/b10-7-,11-8-,19-16-,20-17-,26-24-,29-28-,30-25-,35-33-,36-34-,44-41-,45-42-. The predicted molar refractivity (Wildman–Crippen MR) is 273 cm³/mol. The summed E-state index contributed by atoms with van der Waals surface area (Å²) in [4.78, 5) is 26.0. The molecule has 0 fully saturated rings. The molecule has 0 rings (SSSR count). The number of hydrogen-bond donors (Lipinski definition) is 3. The van der Waals surface area contributed by atoms with Gasteiger partial charge in [0.15, 0.2) is 0 Å². The van der Waals surface area contributed by atoms with E-state index in [0.29, 0.717) is 19.3 Å². The largest absolute Gasteiger partial charge is 0.461 e. The molecule has 3 N–H and O–H groups in total. The second-order valence-electron chi connectivity index (χ2n) is 16.1. The molecule has 6 nitrogen and oxygen atoms in total. The molecule has 0 bridgehead atoms. The summed E-state index contributed by atoms with van der Waals surface area (Å²) in [6, 6.07) is -0.755. The van der Waals surface area contributed by atoms with Gasteiger partial charge in [0.1, 0.15) is 6.10 Å². The van der Waals surface area contributed by atoms with Gasteiger partial charge in [-0.1, -0.05) is 219 Å². The third-order valence-corrected chi connectivity index (χ3v) is 10.2. The van der Waals surface area contributed by atoms with E-state index in [2.05, 4.69) is 142 Å². The summed E-state index contributed by atoms with van der Waals surface area (Å²) in [5.74, 6) is -0.697. The third kappa shape index (κ3) is 44.4. The number of carbonyl (C=O) groups excluding carboxylic acids is 2. The van der Waals surface area contributed by atoms with Crippen molar-refractivity contribution in [3.8, 4) is 0 Å². The van der Waals surface area contributed by atoms with Crippen LogP contribution in [0.1, 0.15) is 188 Å². The van der Waals surface area contributed by atoms with Crippen LogP contribution < -0.4 is 5.32 Å². The van der Waals surface area contributed by atoms with Crippen molar-refractivity contribution in [2.45, 2.75) is 206 Å². The smallest absolute Gasteiger partial charge is 0.306 e. The van der Waals surface area contributed by atoms with Gasteiger partial charge in [-0.15, -0.1) is 0 Å². The zero-order valence-electron chi connectivity index (χ0n) is 40.1. The third-order valence-electron chi connectivity index (χ3n) is 10.2. The number of rotatable bonds is 42. The van der Waals surface area contributed by atoms with Gasteiger partial charge in [-0.05, 0) is 83.5 Å². The molecule has 0 spiro atoms. The van der Waals surface area contributed by atoms with Gasteiger partial charge >= 0.3 is 5.97 Å². The Bertz CT molecular complexity index is 1390. The van der Waals surface area contributed by atoms with Gasteiger partial charge in [-0.3, -0.25) is 9.59 Å². The van der Waals surface area contributed by atoms with E-state index in [-0.39, 0.29) is 31.3 Å². The monoisotopic (exact) mass is 870 g/mol. The van der Waals surface area contributed by atoms with Crippen molar-refractivity contribution in [1.29, 1.82) is 0 Å². The Morgan fingerprint density at radius 1 is 0.492 bits per heavy atom. The van der Waals surface area contributed by atoms with Crippen LogP contribution in [0.15, 0.2) is 134 Å². The number of ether oxygens (including phenoxy) is 1. The van der Waals surface area contributed by atoms with Crippen molar-refractivity contribution in [3.63, 3.8) is 0 Å². The molecule has 0 aromatic heterocycles. The first-order chi connectivity index (χ1) is 31.0. The van der Waals surface area contributed by atoms with E-state index in [0.717, 1.165) is 89.9 Å². The first-order valence-corrected chi connectivity index (χ1v) is 24.9. The van der Waals surface area contributed by atoms with Crippen LogP contribution in [-0.2, 0) is 14.3 Å². The number of aliphatic hydroxyl groups excluding tert-OH is 2. The van der Waals surface area contributed by atoms with E-state index in [9.17, 15) is 19.8 Å². The summed E-state index contributed by atoms with van der Waals surface area (Å²) < 4.78 is 5.81. The minimum atomic E-state index is -0.832. The molecule has 63 heavy (non-hydrogen) atoms. The molecule has 0 aliphatic heterocycles. The molecule has 3 unspecified atom stereocenters. The average Bonchev–Trinajstić information content (AvgIpc) is 3.28. The molecule has 0 saturated carbocycles. The van der Waals surface area contributed by atoms with Gasteiger partial charge in [0.2, 0.25) is 5.91 Å². The highest BCUT2D eigenvalue weighted by molar-refractivity contribution is 5.77. The van der Waals surface area contributed by atoms with E-state index >= 15 is 0 Å². The number of carbonyl (C=O) groups is 2. The number of hydrogen-bond acceptors (Lipinski definition) is 5. The molecule has 0 radical (unpaired) electrons. The molecule has 0 saturated heterocycles. The second kappa shape index (κ2) is 49.0. The fraction of sp³-hybridized carbons (Fsp3) is 0.579. The van der Waals surface area contributed by atoms with Gasteiger partial charge < -0.3 is 20.3 Å². The predicted octanol–water partition coefficient (Wildman–Crippen LogP) is 15.1. The molecule has 3 atom stereocenters. The van der Waals surface area contributed by atoms with Gasteiger partial charge in [0.25, 0.3) is 0 Å². The van der Waals surface area contributed by atoms with Gasteiger partial charge in [-0.2, -0.15) is 0 Å². The van der Waals surface area contributed by atoms with Crippen LogP contribution in [0.2, 0.25) is 0 Å². The van der Waals surface area contributed by atoms with Crippen LogP contribution >= 0.6 is 0 Å². The number of nitrogens with one attached hydrogen (secondary N) is 1. The van der Waals surface area contributed by atoms with E-state index < -0.39 is 18.2 Å². The number of unbranched alkanes of at least 4 members (excludes halogenated alkanes) is 9. The van der Waals surface area contributed by atoms with E-state index in [1.54, 1.807) is 0 Å². The summed E-state index contributed by atoms with van der Waals surface area (Å²) in [6.07, 6.45) is 69.6. The van der Waals surface area contributed by atoms with Crippen LogP contribution in [0, 0.1) is 0 Å². The fourth-order valence-electron chi connectivity index (χ4n) is 6.54. The summed E-state index contributed by atoms with van der Waals surface area (Å²) >= 11 is 0. The maximum absolute atomic E-state index is 13.2. The zero-order chi connectivity index (χ0) is 45.9. The quantitative estimate of drug-likeness (QED) is 0.0323. The fourth-order valence-corrected chi connectivity index (χ4v) is 6.54. The molecular formula is C57H91NO5. The minimum absolute atomic E-state index is 0.0402. The van der Waals surface area contributed by atoms with E-state index in [4.69, 9.17) is 4.74 Å². The van der Waals surface area contributed by atoms with E-state index in [1.165, 1.54) is 44.9 Å². The van der Waals surface area contributed by atoms with Crippen molar-refractivity contribution in [1.82, 2.24) is 5.32 Å². The maximum Gasteiger partial charge on any atom is 0.306 e. The lowest BCUT2D eigenvalue weighted by Gasteiger charge is -2.24. The molecule has 0 heterocycles. The van der Waals surface area contributed by atoms with Crippen molar-refractivity contribution in [2.24, 2.45) is 0 Å². The molecule has 1 amide bonds. The highest BCUT2D eigenvalue weighted by Gasteiger charge is 2.23. The zero-order valence-corrected chi connectivity index (χ0v) is 40.1. The molecule has 354 valence electrons. The summed E-state index contributed by atoms with van der Waals surface area (Å²) in [6.45, 7) is 6.17. The normalized spacial score (nSPS) is 14.4. The van der Waals surface area contributed by atoms with Crippen molar-refractivity contribution >= 4 is 11.9 Å². The van der Waals surface area contributed by atoms with Gasteiger partial charge in [0, 0.05) is 12.8 Å². The van der Waals surface area contributed by atoms with Crippen molar-refractivity contribution in [3.05, 3.63) is 134 Å². The van der Waals surface area contributed by atoms with Crippen LogP contribution in [-0.4, -0.2) is 46.9 Å². The Balaban J connectivity index is 4.88. The van der Waals surface area contributed by atoms with Crippen molar-refractivity contribution < 1.29 is 24.5 Å². The van der Waals surface area contributed by atoms with Crippen LogP contribution in [0.25, 0.3) is 0 Å². The summed E-state index contributed by atoms with van der Waals surface area (Å²) in [7, 11) is 0. The minimum Gasteiger partial charge on any atom is -0.461 e. The first kappa shape index (κ1) is 59.0. The Labute approximate surface area is 386 Å². The second-order valence-corrected chi connectivity index (χ2v) is 16.1. The summed E-state index contributed by atoms with van der Waals surface area (Å²) in [5.41, 5.74) is 0. The van der Waals surface area contributed by atoms with Gasteiger partial charge in [0.05, 0.1) is 25.2 Å². The highest BCUT2D eigenvalue weighted by Crippen LogP contribution is 2.14. The highest BCUT2D eigenvalue weighted by atomic mass is 16.5. The molecule has 0 aliphatic carbocycles. The van der Waals surface area contributed by atoms with Gasteiger partial charge in [-0.25, -0.2) is 0 Å².